The van der Waals surface area contributed by atoms with Crippen LogP contribution in [-0.4, -0.2) is 96.7 Å². The molecule has 4 aromatic rings. The summed E-state index contributed by atoms with van der Waals surface area (Å²) in [4.78, 5) is 78.4. The fourth-order valence-corrected chi connectivity index (χ4v) is 9.17. The van der Waals surface area contributed by atoms with Crippen LogP contribution in [0.3, 0.4) is 0 Å². The van der Waals surface area contributed by atoms with Gasteiger partial charge in [0.2, 0.25) is 11.9 Å². The first-order chi connectivity index (χ1) is 27.4. The average Bonchev–Trinajstić information content (AvgIpc) is 3.90. The Morgan fingerprint density at radius 2 is 1.79 bits per heavy atom. The van der Waals surface area contributed by atoms with Crippen molar-refractivity contribution in [2.45, 2.75) is 60.8 Å². The number of carbonyl (C=O) groups excluding carboxylic acids is 5. The standard InChI is InChI=1S/C37H38N8O8S4/c1-22(15-38-34(50)52-36(2,3)4)53-44-27(26-19-55-33(41-26)39-20-46)29(47)42-37(30(48)45-16-23(17-54-31(37)45)18-56-35-43-40-21-57-35)32(49)51-28(24-11-7-5-8-12-24)25-13-9-6-10-14-25/h5-14,16,19-22,28,31H,15,17-18H2,1-4H3,(H,38,50)(H,42,47)(H,39,41,46)/t22?,31-,37?/m0/s1. The molecule has 4 amide bonds. The third-order valence-electron chi connectivity index (χ3n) is 8.13. The molecule has 3 N–H and O–H groups in total. The molecule has 1 fully saturated rings. The summed E-state index contributed by atoms with van der Waals surface area (Å²) in [5, 5.41) is 20.5. The molecule has 0 aliphatic carbocycles. The van der Waals surface area contributed by atoms with Crippen LogP contribution in [0.4, 0.5) is 9.93 Å². The van der Waals surface area contributed by atoms with Crippen molar-refractivity contribution in [3.63, 3.8) is 0 Å². The number of carbonyl (C=O) groups is 5. The van der Waals surface area contributed by atoms with Gasteiger partial charge in [0.1, 0.15) is 28.3 Å². The number of esters is 1. The van der Waals surface area contributed by atoms with E-state index < -0.39 is 58.3 Å². The molecule has 3 atom stereocenters. The number of thioether (sulfide) groups is 2. The van der Waals surface area contributed by atoms with Gasteiger partial charge in [-0.05, 0) is 44.4 Å². The summed E-state index contributed by atoms with van der Waals surface area (Å²) in [6, 6.07) is 18.1. The largest absolute Gasteiger partial charge is 0.450 e. The molecule has 2 aliphatic rings. The van der Waals surface area contributed by atoms with Gasteiger partial charge in [0, 0.05) is 23.1 Å². The number of aromatic nitrogens is 3. The van der Waals surface area contributed by atoms with Crippen LogP contribution >= 0.6 is 46.2 Å². The van der Waals surface area contributed by atoms with Crippen molar-refractivity contribution in [3.8, 4) is 0 Å². The molecule has 2 unspecified atom stereocenters. The molecule has 6 rings (SSSR count). The maximum Gasteiger partial charge on any atom is 0.407 e. The summed E-state index contributed by atoms with van der Waals surface area (Å²) < 4.78 is 12.3. The zero-order valence-electron chi connectivity index (χ0n) is 31.1. The number of nitrogens with zero attached hydrogens (tertiary/aromatic N) is 5. The van der Waals surface area contributed by atoms with Gasteiger partial charge in [0.15, 0.2) is 21.3 Å². The van der Waals surface area contributed by atoms with Gasteiger partial charge in [0.05, 0.1) is 6.54 Å². The van der Waals surface area contributed by atoms with Crippen LogP contribution in [0.2, 0.25) is 0 Å². The van der Waals surface area contributed by atoms with Crippen molar-refractivity contribution in [1.29, 1.82) is 0 Å². The van der Waals surface area contributed by atoms with E-state index in [1.165, 1.54) is 45.1 Å². The second kappa shape index (κ2) is 18.3. The minimum Gasteiger partial charge on any atom is -0.450 e. The number of β-lactam (4-membered cyclic amide) rings is 1. The van der Waals surface area contributed by atoms with Crippen LogP contribution in [-0.2, 0) is 33.5 Å². The second-order valence-electron chi connectivity index (χ2n) is 13.6. The first-order valence-corrected chi connectivity index (χ1v) is 21.2. The number of hydrogen-bond donors (Lipinski definition) is 3. The Labute approximate surface area is 344 Å². The minimum atomic E-state index is -2.21. The molecule has 0 radical (unpaired) electrons. The molecule has 2 aromatic heterocycles. The highest BCUT2D eigenvalue weighted by Gasteiger charge is 2.69. The van der Waals surface area contributed by atoms with Gasteiger partial charge in [-0.1, -0.05) is 88.9 Å². The molecule has 16 nitrogen and oxygen atoms in total. The van der Waals surface area contributed by atoms with Crippen molar-refractivity contribution >= 4 is 87.3 Å². The molecule has 20 heteroatoms. The van der Waals surface area contributed by atoms with Crippen molar-refractivity contribution in [3.05, 3.63) is 100 Å². The molecular formula is C37H38N8O8S4. The minimum absolute atomic E-state index is 0.0140. The molecule has 4 heterocycles. The molecular weight excluding hydrogens is 813 g/mol. The van der Waals surface area contributed by atoms with E-state index in [1.807, 2.05) is 36.4 Å². The SMILES string of the molecule is CC(CNC(=O)OC(C)(C)C)ON=C(C(=O)NC1(C(=O)OC(c2ccccc2)c2ccccc2)C(=O)N2C=C(CSc3nncs3)CS[C@H]21)c1csc(NC=O)n1. The van der Waals surface area contributed by atoms with Gasteiger partial charge in [-0.3, -0.25) is 14.4 Å². The van der Waals surface area contributed by atoms with Crippen LogP contribution in [0.1, 0.15) is 50.6 Å². The number of nitrogens with one attached hydrogen (secondary N) is 3. The summed E-state index contributed by atoms with van der Waals surface area (Å²) >= 11 is 5.19. The Morgan fingerprint density at radius 3 is 2.42 bits per heavy atom. The predicted octanol–water partition coefficient (Wildman–Crippen LogP) is 4.98. The lowest BCUT2D eigenvalue weighted by Crippen LogP contribution is -2.82. The number of alkyl carbamates (subject to hydrolysis) is 1. The maximum absolute atomic E-state index is 14.7. The average molecular weight is 851 g/mol. The number of fused-ring (bicyclic) bond motifs is 1. The molecule has 1 saturated heterocycles. The second-order valence-corrected chi connectivity index (χ2v) is 17.5. The van der Waals surface area contributed by atoms with Crippen LogP contribution < -0.4 is 16.0 Å². The van der Waals surface area contributed by atoms with E-state index in [1.54, 1.807) is 63.7 Å². The number of rotatable bonds is 16. The highest BCUT2D eigenvalue weighted by Crippen LogP contribution is 2.45. The Hall–Kier alpha value is -5.31. The lowest BCUT2D eigenvalue weighted by Gasteiger charge is -2.54. The summed E-state index contributed by atoms with van der Waals surface area (Å²) in [6.07, 6.45) is -0.265. The molecule has 0 bridgehead atoms. The van der Waals surface area contributed by atoms with Gasteiger partial charge < -0.3 is 35.2 Å². The summed E-state index contributed by atoms with van der Waals surface area (Å²) in [7, 11) is 0. The number of amides is 4. The first kappa shape index (κ1) is 41.3. The van der Waals surface area contributed by atoms with E-state index in [2.05, 4.69) is 36.3 Å². The molecule has 298 valence electrons. The molecule has 2 aliphatic heterocycles. The van der Waals surface area contributed by atoms with E-state index in [-0.39, 0.29) is 17.4 Å². The number of hydrogen-bond acceptors (Lipinski definition) is 16. The lowest BCUT2D eigenvalue weighted by atomic mass is 9.86. The van der Waals surface area contributed by atoms with Crippen LogP contribution in [0, 0.1) is 0 Å². The Balaban J connectivity index is 1.31. The van der Waals surface area contributed by atoms with E-state index >= 15 is 0 Å². The van der Waals surface area contributed by atoms with Crippen molar-refractivity contribution in [2.75, 3.05) is 23.4 Å². The molecule has 2 aromatic carbocycles. The number of anilines is 1. The monoisotopic (exact) mass is 850 g/mol. The smallest absolute Gasteiger partial charge is 0.407 e. The van der Waals surface area contributed by atoms with E-state index in [4.69, 9.17) is 14.3 Å². The predicted molar refractivity (Wildman–Crippen MR) is 217 cm³/mol. The summed E-state index contributed by atoms with van der Waals surface area (Å²) in [5.74, 6) is -1.71. The van der Waals surface area contributed by atoms with Crippen LogP contribution in [0.15, 0.2) is 92.8 Å². The van der Waals surface area contributed by atoms with Crippen molar-refractivity contribution in [2.24, 2.45) is 5.16 Å². The number of oxime groups is 1. The number of thiazole rings is 1. The van der Waals surface area contributed by atoms with Gasteiger partial charge in [-0.2, -0.15) is 0 Å². The molecule has 0 spiro atoms. The Kier molecular flexibility index (Phi) is 13.3. The van der Waals surface area contributed by atoms with Crippen molar-refractivity contribution < 1.29 is 38.3 Å². The molecule has 0 saturated carbocycles. The fraction of sp³-hybridized carbons (Fsp3) is 0.324. The van der Waals surface area contributed by atoms with Crippen LogP contribution in [0.5, 0.6) is 0 Å². The third kappa shape index (κ3) is 9.99. The molecule has 57 heavy (non-hydrogen) atoms. The lowest BCUT2D eigenvalue weighted by molar-refractivity contribution is -0.175. The van der Waals surface area contributed by atoms with Gasteiger partial charge in [-0.15, -0.1) is 33.3 Å². The van der Waals surface area contributed by atoms with Gasteiger partial charge in [0.25, 0.3) is 11.8 Å². The van der Waals surface area contributed by atoms with Crippen LogP contribution in [0.25, 0.3) is 0 Å². The number of ether oxygens (including phenoxy) is 2. The quantitative estimate of drug-likeness (QED) is 0.0260. The highest BCUT2D eigenvalue weighted by atomic mass is 32.2. The topological polar surface area (TPSA) is 203 Å². The first-order valence-electron chi connectivity index (χ1n) is 17.4. The summed E-state index contributed by atoms with van der Waals surface area (Å²) in [6.45, 7) is 6.73. The van der Waals surface area contributed by atoms with Gasteiger partial charge >= 0.3 is 12.1 Å². The normalized spacial score (nSPS) is 18.4. The Morgan fingerprint density at radius 1 is 1.09 bits per heavy atom. The number of benzene rings is 2. The van der Waals surface area contributed by atoms with E-state index in [9.17, 15) is 24.0 Å². The highest BCUT2D eigenvalue weighted by molar-refractivity contribution is 8.01. The zero-order chi connectivity index (χ0) is 40.6. The maximum atomic E-state index is 14.7. The fourth-order valence-electron chi connectivity index (χ4n) is 5.57. The zero-order valence-corrected chi connectivity index (χ0v) is 34.3. The summed E-state index contributed by atoms with van der Waals surface area (Å²) in [5.41, 5.74) is 0.497. The van der Waals surface area contributed by atoms with Gasteiger partial charge in [-0.25, -0.2) is 14.6 Å². The third-order valence-corrected chi connectivity index (χ3v) is 12.3. The Bertz CT molecular complexity index is 2090. The van der Waals surface area contributed by atoms with Crippen molar-refractivity contribution in [1.82, 2.24) is 30.7 Å². The van der Waals surface area contributed by atoms with E-state index in [0.29, 0.717) is 29.0 Å². The van der Waals surface area contributed by atoms with E-state index in [0.717, 1.165) is 21.2 Å².